The SMILES string of the molecule is CCOC(=O)[C@H]1[NH2+]CC[C@H]1O.[Cl-]. The Bertz CT molecular complexity index is 154. The Labute approximate surface area is 77.7 Å². The van der Waals surface area contributed by atoms with Gasteiger partial charge in [-0.05, 0) is 6.92 Å². The number of rotatable bonds is 2. The second kappa shape index (κ2) is 5.35. The molecule has 1 aliphatic heterocycles. The molecule has 0 radical (unpaired) electrons. The van der Waals surface area contributed by atoms with Crippen LogP contribution >= 0.6 is 0 Å². The second-order valence-corrected chi connectivity index (χ2v) is 2.66. The van der Waals surface area contributed by atoms with E-state index < -0.39 is 6.10 Å². The van der Waals surface area contributed by atoms with E-state index in [2.05, 4.69) is 0 Å². The average Bonchev–Trinajstić information content (AvgIpc) is 2.36. The van der Waals surface area contributed by atoms with E-state index in [0.29, 0.717) is 13.0 Å². The molecular weight excluding hydrogens is 182 g/mol. The van der Waals surface area contributed by atoms with Gasteiger partial charge in [0.15, 0.2) is 0 Å². The first-order chi connectivity index (χ1) is 5.25. The van der Waals surface area contributed by atoms with Gasteiger partial charge in [0.05, 0.1) is 13.2 Å². The molecular formula is C7H14ClNO3. The van der Waals surface area contributed by atoms with Gasteiger partial charge < -0.3 is 27.6 Å². The van der Waals surface area contributed by atoms with Crippen molar-refractivity contribution in [1.82, 2.24) is 0 Å². The molecule has 0 spiro atoms. The van der Waals surface area contributed by atoms with Gasteiger partial charge in [-0.15, -0.1) is 0 Å². The predicted molar refractivity (Wildman–Crippen MR) is 37.8 cm³/mol. The molecule has 1 rings (SSSR count). The fraction of sp³-hybridized carbons (Fsp3) is 0.857. The number of aliphatic hydroxyl groups excluding tert-OH is 1. The highest BCUT2D eigenvalue weighted by molar-refractivity contribution is 5.75. The molecule has 0 aliphatic carbocycles. The smallest absolute Gasteiger partial charge is 0.367 e. The number of aliphatic hydroxyl groups is 1. The van der Waals surface area contributed by atoms with Crippen LogP contribution in [0.2, 0.25) is 0 Å². The summed E-state index contributed by atoms with van der Waals surface area (Å²) in [4.78, 5) is 11.0. The topological polar surface area (TPSA) is 63.1 Å². The molecule has 12 heavy (non-hydrogen) atoms. The molecule has 0 aromatic rings. The molecule has 0 amide bonds. The Kier molecular flexibility index (Phi) is 5.20. The van der Waals surface area contributed by atoms with Crippen molar-refractivity contribution in [3.8, 4) is 0 Å². The van der Waals surface area contributed by atoms with Gasteiger partial charge in [-0.2, -0.15) is 0 Å². The van der Waals surface area contributed by atoms with Gasteiger partial charge >= 0.3 is 5.97 Å². The highest BCUT2D eigenvalue weighted by Gasteiger charge is 2.36. The molecule has 72 valence electrons. The normalized spacial score (nSPS) is 27.8. The molecule has 1 heterocycles. The van der Waals surface area contributed by atoms with Crippen molar-refractivity contribution >= 4 is 5.97 Å². The van der Waals surface area contributed by atoms with Gasteiger partial charge in [0.2, 0.25) is 6.04 Å². The number of nitrogens with two attached hydrogens (primary N) is 1. The van der Waals surface area contributed by atoms with Crippen molar-refractivity contribution in [2.75, 3.05) is 13.2 Å². The van der Waals surface area contributed by atoms with Gasteiger partial charge in [-0.1, -0.05) is 0 Å². The first kappa shape index (κ1) is 11.7. The molecule has 1 saturated heterocycles. The highest BCUT2D eigenvalue weighted by Crippen LogP contribution is 2.01. The number of quaternary nitrogens is 1. The minimum Gasteiger partial charge on any atom is -1.00 e. The van der Waals surface area contributed by atoms with Gasteiger partial charge in [0.25, 0.3) is 0 Å². The molecule has 4 nitrogen and oxygen atoms in total. The number of hydrogen-bond acceptors (Lipinski definition) is 3. The third-order valence-electron chi connectivity index (χ3n) is 1.86. The fourth-order valence-electron chi connectivity index (χ4n) is 1.27. The molecule has 0 unspecified atom stereocenters. The molecule has 0 aromatic heterocycles. The van der Waals surface area contributed by atoms with E-state index in [0.717, 1.165) is 6.54 Å². The molecule has 2 atom stereocenters. The molecule has 0 saturated carbocycles. The van der Waals surface area contributed by atoms with Crippen LogP contribution in [0.15, 0.2) is 0 Å². The summed E-state index contributed by atoms with van der Waals surface area (Å²) in [5, 5.41) is 11.1. The van der Waals surface area contributed by atoms with Crippen LogP contribution in [0, 0.1) is 0 Å². The average molecular weight is 196 g/mol. The Morgan fingerprint density at radius 2 is 2.42 bits per heavy atom. The van der Waals surface area contributed by atoms with Gasteiger partial charge in [-0.3, -0.25) is 0 Å². The first-order valence-corrected chi connectivity index (χ1v) is 3.93. The van der Waals surface area contributed by atoms with Crippen LogP contribution in [0.25, 0.3) is 0 Å². The van der Waals surface area contributed by atoms with Crippen LogP contribution in [0.4, 0.5) is 0 Å². The van der Waals surface area contributed by atoms with E-state index in [1.165, 1.54) is 0 Å². The summed E-state index contributed by atoms with van der Waals surface area (Å²) in [6.45, 7) is 2.96. The lowest BCUT2D eigenvalue weighted by atomic mass is 10.2. The van der Waals surface area contributed by atoms with Crippen LogP contribution < -0.4 is 17.7 Å². The van der Waals surface area contributed by atoms with Crippen molar-refractivity contribution in [3.05, 3.63) is 0 Å². The zero-order valence-electron chi connectivity index (χ0n) is 7.00. The molecule has 5 heteroatoms. The second-order valence-electron chi connectivity index (χ2n) is 2.66. The zero-order valence-corrected chi connectivity index (χ0v) is 7.75. The molecule has 1 aliphatic rings. The largest absolute Gasteiger partial charge is 1.00 e. The number of halogens is 1. The standard InChI is InChI=1S/C7H13NO3.ClH/c1-2-11-7(10)6-5(9)3-4-8-6;/h5-6,8-9H,2-4H2,1H3;1H/t5-,6+;/m1./s1. The third-order valence-corrected chi connectivity index (χ3v) is 1.86. The van der Waals surface area contributed by atoms with Gasteiger partial charge in [-0.25, -0.2) is 4.79 Å². The lowest BCUT2D eigenvalue weighted by Gasteiger charge is -2.08. The van der Waals surface area contributed by atoms with Crippen molar-refractivity contribution in [1.29, 1.82) is 0 Å². The summed E-state index contributed by atoms with van der Waals surface area (Å²) in [5.41, 5.74) is 0. The molecule has 1 fully saturated rings. The van der Waals surface area contributed by atoms with Crippen molar-refractivity contribution in [2.45, 2.75) is 25.5 Å². The van der Waals surface area contributed by atoms with Crippen LogP contribution in [0.1, 0.15) is 13.3 Å². The van der Waals surface area contributed by atoms with Crippen LogP contribution in [-0.2, 0) is 9.53 Å². The number of carbonyl (C=O) groups is 1. The van der Waals surface area contributed by atoms with E-state index in [1.54, 1.807) is 6.92 Å². The Balaban J connectivity index is 0.00000121. The van der Waals surface area contributed by atoms with Crippen molar-refractivity contribution < 1.29 is 32.4 Å². The Morgan fingerprint density at radius 1 is 1.75 bits per heavy atom. The highest BCUT2D eigenvalue weighted by atomic mass is 35.5. The summed E-state index contributed by atoms with van der Waals surface area (Å²) >= 11 is 0. The van der Waals surface area contributed by atoms with Crippen LogP contribution in [0.5, 0.6) is 0 Å². The zero-order chi connectivity index (χ0) is 8.27. The lowest BCUT2D eigenvalue weighted by molar-refractivity contribution is -0.662. The van der Waals surface area contributed by atoms with Crippen LogP contribution in [0.3, 0.4) is 0 Å². The molecule has 3 N–H and O–H groups in total. The summed E-state index contributed by atoms with van der Waals surface area (Å²) in [7, 11) is 0. The molecule has 0 bridgehead atoms. The van der Waals surface area contributed by atoms with Gasteiger partial charge in [0, 0.05) is 6.42 Å². The quantitative estimate of drug-likeness (QED) is 0.435. The number of ether oxygens (including phenoxy) is 1. The number of esters is 1. The van der Waals surface area contributed by atoms with Crippen molar-refractivity contribution in [3.63, 3.8) is 0 Å². The monoisotopic (exact) mass is 195 g/mol. The van der Waals surface area contributed by atoms with E-state index in [1.807, 2.05) is 5.32 Å². The van der Waals surface area contributed by atoms with Crippen molar-refractivity contribution in [2.24, 2.45) is 0 Å². The fourth-order valence-corrected chi connectivity index (χ4v) is 1.27. The Morgan fingerprint density at radius 3 is 2.83 bits per heavy atom. The number of carbonyl (C=O) groups excluding carboxylic acids is 1. The summed E-state index contributed by atoms with van der Waals surface area (Å²) < 4.78 is 4.77. The summed E-state index contributed by atoms with van der Waals surface area (Å²) in [6, 6.07) is -0.380. The van der Waals surface area contributed by atoms with E-state index in [4.69, 9.17) is 4.74 Å². The van der Waals surface area contributed by atoms with E-state index in [9.17, 15) is 9.90 Å². The summed E-state index contributed by atoms with van der Waals surface area (Å²) in [6.07, 6.45) is 0.165. The van der Waals surface area contributed by atoms with E-state index in [-0.39, 0.29) is 24.4 Å². The van der Waals surface area contributed by atoms with Crippen LogP contribution in [-0.4, -0.2) is 36.4 Å². The summed E-state index contributed by atoms with van der Waals surface area (Å²) in [5.74, 6) is -0.294. The Hall–Kier alpha value is -0.320. The lowest BCUT2D eigenvalue weighted by Crippen LogP contribution is -3.00. The maximum atomic E-state index is 11.0. The minimum absolute atomic E-state index is 0. The third kappa shape index (κ3) is 2.62. The minimum atomic E-state index is -0.519. The van der Waals surface area contributed by atoms with Gasteiger partial charge in [0.1, 0.15) is 6.10 Å². The molecule has 0 aromatic carbocycles. The first-order valence-electron chi connectivity index (χ1n) is 3.93. The predicted octanol–water partition coefficient (Wildman–Crippen LogP) is -4.75. The maximum absolute atomic E-state index is 11.0. The maximum Gasteiger partial charge on any atom is 0.367 e. The number of hydrogen-bond donors (Lipinski definition) is 2. The van der Waals surface area contributed by atoms with E-state index >= 15 is 0 Å².